The highest BCUT2D eigenvalue weighted by Crippen LogP contribution is 2.23. The van der Waals surface area contributed by atoms with E-state index in [0.717, 1.165) is 12.8 Å². The molecule has 0 aliphatic heterocycles. The lowest BCUT2D eigenvalue weighted by atomic mass is 9.83. The molecule has 0 bridgehead atoms. The van der Waals surface area contributed by atoms with E-state index in [0.29, 0.717) is 11.5 Å². The average Bonchev–Trinajstić information content (AvgIpc) is 2.19. The van der Waals surface area contributed by atoms with Crippen LogP contribution in [-0.2, 0) is 6.42 Å². The Balaban J connectivity index is 2.60. The van der Waals surface area contributed by atoms with Gasteiger partial charge in [-0.25, -0.2) is 0 Å². The Bertz CT molecular complexity index is 326. The maximum atomic E-state index is 4.19. The van der Waals surface area contributed by atoms with Crippen molar-refractivity contribution in [2.24, 2.45) is 5.41 Å². The van der Waals surface area contributed by atoms with Gasteiger partial charge in [-0.15, -0.1) is 0 Å². The lowest BCUT2D eigenvalue weighted by molar-refractivity contribution is 0.268. The number of nitrogens with one attached hydrogen (secondary N) is 1. The van der Waals surface area contributed by atoms with Gasteiger partial charge in [-0.1, -0.05) is 20.8 Å². The summed E-state index contributed by atoms with van der Waals surface area (Å²) in [5, 5.41) is 3.41. The first kappa shape index (κ1) is 13.2. The molecule has 1 heterocycles. The second kappa shape index (κ2) is 5.44. The third kappa shape index (κ3) is 3.60. The minimum absolute atomic E-state index is 0.310. The number of pyridine rings is 1. The van der Waals surface area contributed by atoms with Crippen LogP contribution >= 0.6 is 0 Å². The van der Waals surface area contributed by atoms with Crippen molar-refractivity contribution in [2.45, 2.75) is 46.6 Å². The Morgan fingerprint density at radius 3 is 2.56 bits per heavy atom. The molecular weight excluding hydrogens is 196 g/mol. The first-order chi connectivity index (χ1) is 7.45. The van der Waals surface area contributed by atoms with Gasteiger partial charge < -0.3 is 5.32 Å². The molecule has 0 saturated carbocycles. The molecule has 0 aliphatic carbocycles. The maximum absolute atomic E-state index is 4.19. The van der Waals surface area contributed by atoms with E-state index in [2.05, 4.69) is 44.1 Å². The van der Waals surface area contributed by atoms with Crippen molar-refractivity contribution in [1.82, 2.24) is 10.3 Å². The minimum Gasteiger partial charge on any atom is -0.316 e. The first-order valence-electron chi connectivity index (χ1n) is 6.02. The van der Waals surface area contributed by atoms with Crippen LogP contribution in [0, 0.1) is 12.3 Å². The summed E-state index contributed by atoms with van der Waals surface area (Å²) in [7, 11) is 2.05. The molecule has 1 aromatic heterocycles. The van der Waals surface area contributed by atoms with E-state index < -0.39 is 0 Å². The zero-order valence-corrected chi connectivity index (χ0v) is 11.2. The zero-order valence-electron chi connectivity index (χ0n) is 11.2. The normalized spacial score (nSPS) is 13.8. The molecule has 0 amide bonds. The Morgan fingerprint density at radius 1 is 1.38 bits per heavy atom. The van der Waals surface area contributed by atoms with Gasteiger partial charge >= 0.3 is 0 Å². The fourth-order valence-electron chi connectivity index (χ4n) is 2.07. The van der Waals surface area contributed by atoms with Crippen LogP contribution in [-0.4, -0.2) is 18.1 Å². The van der Waals surface area contributed by atoms with Crippen LogP contribution in [0.15, 0.2) is 18.5 Å². The molecule has 1 atom stereocenters. The molecule has 1 N–H and O–H groups in total. The van der Waals surface area contributed by atoms with Gasteiger partial charge in [0.2, 0.25) is 0 Å². The van der Waals surface area contributed by atoms with Crippen LogP contribution in [0.25, 0.3) is 0 Å². The molecule has 2 heteroatoms. The van der Waals surface area contributed by atoms with Gasteiger partial charge in [-0.3, -0.25) is 4.98 Å². The quantitative estimate of drug-likeness (QED) is 0.844. The smallest absolute Gasteiger partial charge is 0.0302 e. The van der Waals surface area contributed by atoms with Crippen LogP contribution in [0.3, 0.4) is 0 Å². The second-order valence-corrected chi connectivity index (χ2v) is 5.55. The molecule has 0 aliphatic rings. The first-order valence-corrected chi connectivity index (χ1v) is 6.02. The van der Waals surface area contributed by atoms with Crippen LogP contribution < -0.4 is 5.32 Å². The summed E-state index contributed by atoms with van der Waals surface area (Å²) in [6.07, 6.45) is 6.11. The molecule has 0 spiro atoms. The highest BCUT2D eigenvalue weighted by Gasteiger charge is 2.22. The molecule has 2 nitrogen and oxygen atoms in total. The third-order valence-electron chi connectivity index (χ3n) is 3.24. The predicted octanol–water partition coefficient (Wildman–Crippen LogP) is 2.96. The summed E-state index contributed by atoms with van der Waals surface area (Å²) in [6.45, 7) is 9.00. The number of hydrogen-bond acceptors (Lipinski definition) is 2. The Labute approximate surface area is 99.5 Å². The summed E-state index contributed by atoms with van der Waals surface area (Å²) in [6, 6.07) is 2.63. The average molecular weight is 220 g/mol. The Kier molecular flexibility index (Phi) is 4.48. The van der Waals surface area contributed by atoms with E-state index in [9.17, 15) is 0 Å². The van der Waals surface area contributed by atoms with E-state index in [4.69, 9.17) is 0 Å². The summed E-state index contributed by atoms with van der Waals surface area (Å²) >= 11 is 0. The van der Waals surface area contributed by atoms with Crippen molar-refractivity contribution in [3.8, 4) is 0 Å². The molecular formula is C14H24N2. The third-order valence-corrected chi connectivity index (χ3v) is 3.24. The maximum Gasteiger partial charge on any atom is 0.0302 e. The van der Waals surface area contributed by atoms with Crippen LogP contribution in [0.1, 0.15) is 38.3 Å². The van der Waals surface area contributed by atoms with Gasteiger partial charge in [-0.2, -0.15) is 0 Å². The van der Waals surface area contributed by atoms with Gasteiger partial charge in [0.1, 0.15) is 0 Å². The van der Waals surface area contributed by atoms with Crippen LogP contribution in [0.5, 0.6) is 0 Å². The monoisotopic (exact) mass is 220 g/mol. The molecule has 0 aromatic carbocycles. The van der Waals surface area contributed by atoms with Crippen molar-refractivity contribution >= 4 is 0 Å². The van der Waals surface area contributed by atoms with Crippen LogP contribution in [0.2, 0.25) is 0 Å². The number of aromatic nitrogens is 1. The Hall–Kier alpha value is -0.890. The zero-order chi connectivity index (χ0) is 12.2. The van der Waals surface area contributed by atoms with E-state index in [-0.39, 0.29) is 0 Å². The summed E-state index contributed by atoms with van der Waals surface area (Å²) < 4.78 is 0. The number of hydrogen-bond donors (Lipinski definition) is 1. The van der Waals surface area contributed by atoms with Gasteiger partial charge in [0.15, 0.2) is 0 Å². The summed E-state index contributed by atoms with van der Waals surface area (Å²) in [4.78, 5) is 4.19. The van der Waals surface area contributed by atoms with E-state index in [1.54, 1.807) is 0 Å². The Morgan fingerprint density at radius 2 is 2.06 bits per heavy atom. The van der Waals surface area contributed by atoms with E-state index >= 15 is 0 Å². The van der Waals surface area contributed by atoms with Gasteiger partial charge in [0, 0.05) is 18.4 Å². The highest BCUT2D eigenvalue weighted by molar-refractivity contribution is 5.21. The van der Waals surface area contributed by atoms with Crippen molar-refractivity contribution in [3.63, 3.8) is 0 Å². The standard InChI is InChI=1S/C14H24N2/c1-11-8-9-16-10-12(11)6-7-13(15-5)14(2,3)4/h8-10,13,15H,6-7H2,1-5H3. The molecule has 90 valence electrons. The molecule has 0 saturated heterocycles. The SMILES string of the molecule is CNC(CCc1cnccc1C)C(C)(C)C. The van der Waals surface area contributed by atoms with Gasteiger partial charge in [-0.05, 0) is 49.4 Å². The highest BCUT2D eigenvalue weighted by atomic mass is 14.9. The molecule has 0 fully saturated rings. The largest absolute Gasteiger partial charge is 0.316 e. The minimum atomic E-state index is 0.310. The molecule has 16 heavy (non-hydrogen) atoms. The lowest BCUT2D eigenvalue weighted by Crippen LogP contribution is -2.38. The summed E-state index contributed by atoms with van der Waals surface area (Å²) in [5.41, 5.74) is 3.02. The number of rotatable bonds is 4. The summed E-state index contributed by atoms with van der Waals surface area (Å²) in [5.74, 6) is 0. The topological polar surface area (TPSA) is 24.9 Å². The molecule has 0 radical (unpaired) electrons. The van der Waals surface area contributed by atoms with Crippen molar-refractivity contribution in [3.05, 3.63) is 29.6 Å². The van der Waals surface area contributed by atoms with E-state index in [1.807, 2.05) is 19.4 Å². The fraction of sp³-hybridized carbons (Fsp3) is 0.643. The van der Waals surface area contributed by atoms with Crippen molar-refractivity contribution in [1.29, 1.82) is 0 Å². The number of aryl methyl sites for hydroxylation is 2. The second-order valence-electron chi connectivity index (χ2n) is 5.55. The van der Waals surface area contributed by atoms with Crippen LogP contribution in [0.4, 0.5) is 0 Å². The number of nitrogens with zero attached hydrogens (tertiary/aromatic N) is 1. The lowest BCUT2D eigenvalue weighted by Gasteiger charge is -2.30. The van der Waals surface area contributed by atoms with Gasteiger partial charge in [0.25, 0.3) is 0 Å². The van der Waals surface area contributed by atoms with Crippen molar-refractivity contribution < 1.29 is 0 Å². The molecule has 1 aromatic rings. The fourth-order valence-corrected chi connectivity index (χ4v) is 2.07. The van der Waals surface area contributed by atoms with E-state index in [1.165, 1.54) is 11.1 Å². The molecule has 1 unspecified atom stereocenters. The predicted molar refractivity (Wildman–Crippen MR) is 69.6 cm³/mol. The van der Waals surface area contributed by atoms with Crippen molar-refractivity contribution in [2.75, 3.05) is 7.05 Å². The molecule has 1 rings (SSSR count). The van der Waals surface area contributed by atoms with Gasteiger partial charge in [0.05, 0.1) is 0 Å².